The Hall–Kier alpha value is -13.5. The summed E-state index contributed by atoms with van der Waals surface area (Å²) in [4.78, 5) is 243. The number of benzene rings is 6. The topological polar surface area (TPSA) is 480 Å². The monoisotopic (exact) mass is 1780 g/mol. The van der Waals surface area contributed by atoms with E-state index in [0.717, 1.165) is 38.6 Å². The zero-order chi connectivity index (χ0) is 93.2. The zero-order valence-electron chi connectivity index (χ0n) is 72.9. The molecular weight excluding hydrogens is 1670 g/mol. The highest BCUT2D eigenvalue weighted by Gasteiger charge is 2.44. The number of amides is 15. The number of hydrogen-bond acceptors (Lipinski definition) is 18. The molecule has 0 radical (unpaired) electrons. The molecule has 1 saturated heterocycles. The third kappa shape index (κ3) is 27.7. The van der Waals surface area contributed by atoms with Crippen LogP contribution in [0, 0.1) is 17.7 Å². The number of nitrogens with one attached hydrogen (secondary N) is 10. The zero-order valence-corrected chi connectivity index (χ0v) is 73.8. The van der Waals surface area contributed by atoms with E-state index in [9.17, 15) is 53.0 Å². The van der Waals surface area contributed by atoms with E-state index in [2.05, 4.69) is 52.8 Å². The number of carbonyl (C=O) groups excluding carboxylic acids is 15. The first kappa shape index (κ1) is 98.3. The van der Waals surface area contributed by atoms with Gasteiger partial charge in [0.25, 0.3) is 0 Å². The van der Waals surface area contributed by atoms with E-state index in [-0.39, 0.29) is 68.7 Å². The molecular formula is C92H113FN16O18S. The molecule has 9 rings (SSSR count). The SMILES string of the molecule is CCCC[C@H]1C(=O)N(C)CC(=O)N[C@@H](CC(=O)O)C(=O)N[C@@H](C(C)C)C(=O)N(C)[C@@H](Cc2ccccc2)C(=O)N[C@H]2Cc3ccc(O)cc3N(CC(=O)N[C@@H](Cc3c[nH]c4ccccc34)C(=O)N[C@@H](Cc3ccc(F)cc3)C(=O)N[C@@H](CC(C)C)C(=O)N[C@H](C(=O)NCC(N)=O)CSCC(=O)N[C@@H](Cc3ccccc3)C(=O)N(C)[C@@H](Cc3ccccc3)C(=O)N1C)C2=O. The summed E-state index contributed by atoms with van der Waals surface area (Å²) in [7, 11) is 5.27. The molecule has 3 heterocycles. The number of phenolic OH excluding ortho intramolecular Hbond substituents is 1. The number of thioether (sulfide) groups is 1. The number of phenols is 1. The van der Waals surface area contributed by atoms with Crippen LogP contribution in [-0.4, -0.2) is 255 Å². The highest BCUT2D eigenvalue weighted by molar-refractivity contribution is 8.00. The Kier molecular flexibility index (Phi) is 35.8. The van der Waals surface area contributed by atoms with Crippen molar-refractivity contribution in [1.29, 1.82) is 0 Å². The molecule has 0 unspecified atom stereocenters. The van der Waals surface area contributed by atoms with Gasteiger partial charge < -0.3 is 93.3 Å². The number of rotatable bonds is 21. The first-order valence-electron chi connectivity index (χ1n) is 42.3. The number of carboxylic acid groups (broad SMARTS) is 1. The predicted molar refractivity (Wildman–Crippen MR) is 475 cm³/mol. The van der Waals surface area contributed by atoms with Crippen molar-refractivity contribution in [3.8, 4) is 5.75 Å². The molecule has 128 heavy (non-hydrogen) atoms. The van der Waals surface area contributed by atoms with E-state index in [0.29, 0.717) is 57.1 Å². The molecule has 1 fully saturated rings. The summed E-state index contributed by atoms with van der Waals surface area (Å²) in [5, 5.41) is 45.7. The first-order chi connectivity index (χ1) is 61.0. The number of nitrogens with zero attached hydrogens (tertiary/aromatic N) is 5. The third-order valence-electron chi connectivity index (χ3n) is 22.3. The second kappa shape index (κ2) is 46.6. The van der Waals surface area contributed by atoms with Crippen LogP contribution in [0.25, 0.3) is 10.9 Å². The number of hydrogen-bond donors (Lipinski definition) is 13. The quantitative estimate of drug-likeness (QED) is 0.0492. The van der Waals surface area contributed by atoms with Crippen molar-refractivity contribution in [1.82, 2.24) is 72.4 Å². The molecule has 2 aliphatic rings. The maximum absolute atomic E-state index is 15.5. The lowest BCUT2D eigenvalue weighted by Gasteiger charge is -2.37. The number of aliphatic carboxylic acids is 1. The van der Waals surface area contributed by atoms with Gasteiger partial charge in [0.2, 0.25) is 88.6 Å². The number of H-pyrrole nitrogens is 1. The summed E-state index contributed by atoms with van der Waals surface area (Å²) in [5.41, 5.74) is 8.94. The fraction of sp³-hybridized carbons (Fsp3) is 0.413. The van der Waals surface area contributed by atoms with Crippen molar-refractivity contribution in [2.45, 2.75) is 172 Å². The molecule has 34 nitrogen and oxygen atoms in total. The van der Waals surface area contributed by atoms with E-state index in [1.54, 1.807) is 149 Å². The van der Waals surface area contributed by atoms with Crippen LogP contribution in [0.5, 0.6) is 5.75 Å². The molecule has 6 aromatic carbocycles. The van der Waals surface area contributed by atoms with E-state index in [1.807, 2.05) is 6.92 Å². The molecule has 7 aromatic rings. The molecule has 1 aromatic heterocycles. The third-order valence-corrected chi connectivity index (χ3v) is 23.3. The number of para-hydroxylation sites is 1. The van der Waals surface area contributed by atoms with Gasteiger partial charge in [0.15, 0.2) is 0 Å². The van der Waals surface area contributed by atoms with Crippen LogP contribution in [0.2, 0.25) is 0 Å². The number of fused-ring (bicyclic) bond motifs is 5. The average molecular weight is 1780 g/mol. The minimum Gasteiger partial charge on any atom is -0.508 e. The van der Waals surface area contributed by atoms with Crippen LogP contribution >= 0.6 is 11.8 Å². The van der Waals surface area contributed by atoms with Gasteiger partial charge in [-0.1, -0.05) is 175 Å². The number of aromatic nitrogens is 1. The molecule has 0 saturated carbocycles. The predicted octanol–water partition coefficient (Wildman–Crippen LogP) is 2.65. The molecule has 0 aliphatic carbocycles. The van der Waals surface area contributed by atoms with Gasteiger partial charge in [-0.3, -0.25) is 76.7 Å². The van der Waals surface area contributed by atoms with Gasteiger partial charge in [-0.25, -0.2) is 4.39 Å². The number of anilines is 1. The Morgan fingerprint density at radius 3 is 1.67 bits per heavy atom. The molecule has 36 heteroatoms. The van der Waals surface area contributed by atoms with Crippen molar-refractivity contribution in [3.05, 3.63) is 203 Å². The van der Waals surface area contributed by atoms with Crippen LogP contribution in [0.15, 0.2) is 164 Å². The molecule has 682 valence electrons. The molecule has 14 N–H and O–H groups in total. The summed E-state index contributed by atoms with van der Waals surface area (Å²) in [6.45, 7) is 6.04. The fourth-order valence-electron chi connectivity index (χ4n) is 15.3. The van der Waals surface area contributed by atoms with Gasteiger partial charge in [-0.15, -0.1) is 11.8 Å². The van der Waals surface area contributed by atoms with Crippen molar-refractivity contribution >= 4 is 123 Å². The van der Waals surface area contributed by atoms with E-state index in [4.69, 9.17) is 5.73 Å². The van der Waals surface area contributed by atoms with Gasteiger partial charge >= 0.3 is 5.97 Å². The number of nitrogens with two attached hydrogens (primary N) is 1. The van der Waals surface area contributed by atoms with Crippen molar-refractivity contribution in [2.24, 2.45) is 17.6 Å². The fourth-order valence-corrected chi connectivity index (χ4v) is 16.2. The number of aromatic hydroxyl groups is 1. The number of aromatic amines is 1. The second-order valence-corrected chi connectivity index (χ2v) is 33.9. The minimum absolute atomic E-state index is 0.0284. The van der Waals surface area contributed by atoms with Gasteiger partial charge in [-0.05, 0) is 82.3 Å². The smallest absolute Gasteiger partial charge is 0.305 e. The summed E-state index contributed by atoms with van der Waals surface area (Å²) in [6.07, 6.45) is -0.000836. The lowest BCUT2D eigenvalue weighted by Crippen LogP contribution is -2.62. The molecule has 0 spiro atoms. The molecule has 2 bridgehead atoms. The van der Waals surface area contributed by atoms with E-state index in [1.165, 1.54) is 68.3 Å². The summed E-state index contributed by atoms with van der Waals surface area (Å²) in [6, 6.07) is 24.7. The van der Waals surface area contributed by atoms with Gasteiger partial charge in [-0.2, -0.15) is 0 Å². The second-order valence-electron chi connectivity index (χ2n) is 32.9. The molecule has 15 amide bonds. The van der Waals surface area contributed by atoms with Gasteiger partial charge in [0.1, 0.15) is 84.6 Å². The van der Waals surface area contributed by atoms with E-state index < -0.39 is 210 Å². The average Bonchev–Trinajstić information content (AvgIpc) is 0.863. The Labute approximate surface area is 745 Å². The number of halogens is 1. The Balaban J connectivity index is 1.11. The maximum atomic E-state index is 15.5. The molecule has 2 aliphatic heterocycles. The highest BCUT2D eigenvalue weighted by Crippen LogP contribution is 2.33. The van der Waals surface area contributed by atoms with Crippen LogP contribution < -0.4 is 58.5 Å². The van der Waals surface area contributed by atoms with E-state index >= 15 is 38.4 Å². The van der Waals surface area contributed by atoms with Crippen LogP contribution in [0.3, 0.4) is 0 Å². The van der Waals surface area contributed by atoms with Gasteiger partial charge in [0.05, 0.1) is 31.0 Å². The lowest BCUT2D eigenvalue weighted by atomic mass is 9.95. The minimum atomic E-state index is -1.90. The maximum Gasteiger partial charge on any atom is 0.305 e. The largest absolute Gasteiger partial charge is 0.508 e. The normalized spacial score (nSPS) is 22.2. The standard InChI is InChI=1S/C92H113FN16O18S/c1-10-11-31-72-90(125)105(6)49-77(112)98-68(46-80(115)116)86(121)104-81(54(4)5)92(127)107(8)74(41-56-25-17-13-18-26-56)87(122)102-70-43-59-34-37-62(110)45-73(59)109(89(70)124)50-78(113)97-67(44-60-47-95-64-30-22-21-29-63(60)64)85(120)101-66(39-58-32-35-61(93)36-33-58)84(119)100-65(38-53(2)3)83(118)103-71(82(117)96-48-76(94)111)51-128-52-79(114)99-69(40-55-23-15-12-16-24-55)88(123)108(9)75(91(126)106(72)7)42-57-27-19-14-20-28-57/h12-30,32-37,45,47,53-54,65-72,74-75,81,95,110H,10-11,31,38-44,46,48-52H2,1-9H3,(H2,94,111)(H,96,117)(H,97,113)(H,98,112)(H,99,114)(H,100,119)(H,101,120)(H,102,122)(H,103,118)(H,104,121)(H,115,116)/t65-,66-,67-,68-,69-,70-,71-,72-,74-,75-,81-/m0/s1. The Bertz CT molecular complexity index is 5140. The van der Waals surface area contributed by atoms with Crippen LogP contribution in [0.4, 0.5) is 10.1 Å². The van der Waals surface area contributed by atoms with Gasteiger partial charge in [0, 0.05) is 95.6 Å². The first-order valence-corrected chi connectivity index (χ1v) is 43.5. The van der Waals surface area contributed by atoms with Crippen LogP contribution in [-0.2, 0) is 115 Å². The van der Waals surface area contributed by atoms with Crippen molar-refractivity contribution < 1.29 is 91.3 Å². The van der Waals surface area contributed by atoms with Crippen molar-refractivity contribution in [3.63, 3.8) is 0 Å². The summed E-state index contributed by atoms with van der Waals surface area (Å²) >= 11 is 0.818. The Morgan fingerprint density at radius 1 is 0.531 bits per heavy atom. The molecule has 11 atom stereocenters. The number of unbranched alkanes of at least 4 members (excludes halogenated alkanes) is 1. The summed E-state index contributed by atoms with van der Waals surface area (Å²) < 4.78 is 14.7. The lowest BCUT2D eigenvalue weighted by molar-refractivity contribution is -0.151. The Morgan fingerprint density at radius 2 is 1.06 bits per heavy atom. The summed E-state index contributed by atoms with van der Waals surface area (Å²) in [5.74, 6) is -18.4. The highest BCUT2D eigenvalue weighted by atomic mass is 32.2. The number of primary amides is 1. The number of likely N-dealkylation sites (N-methyl/N-ethyl adjacent to an activating group) is 4. The van der Waals surface area contributed by atoms with Crippen LogP contribution in [0.1, 0.15) is 100 Å². The van der Waals surface area contributed by atoms with Crippen molar-refractivity contribution in [2.75, 3.05) is 64.2 Å². The number of carbonyl (C=O) groups is 16. The number of carboxylic acids is 1.